The monoisotopic (exact) mass is 402 g/mol. The average Bonchev–Trinajstić information content (AvgIpc) is 2.87. The van der Waals surface area contributed by atoms with Crippen LogP contribution in [0.4, 0.5) is 0 Å². The summed E-state index contributed by atoms with van der Waals surface area (Å²) in [5, 5.41) is 2.85. The molecule has 0 saturated carbocycles. The number of rotatable bonds is 6. The van der Waals surface area contributed by atoms with Crippen LogP contribution in [0.1, 0.15) is 53.1 Å². The average molecular weight is 402 g/mol. The van der Waals surface area contributed by atoms with Gasteiger partial charge in [-0.3, -0.25) is 14.4 Å². The first kappa shape index (κ1) is 22.5. The lowest BCUT2D eigenvalue weighted by Crippen LogP contribution is -2.40. The van der Waals surface area contributed by atoms with Crippen LogP contribution in [0.3, 0.4) is 0 Å². The molecule has 7 nitrogen and oxygen atoms in total. The van der Waals surface area contributed by atoms with E-state index in [1.807, 2.05) is 30.3 Å². The van der Waals surface area contributed by atoms with Crippen LogP contribution in [0.5, 0.6) is 0 Å². The summed E-state index contributed by atoms with van der Waals surface area (Å²) in [4.78, 5) is 38.7. The predicted molar refractivity (Wildman–Crippen MR) is 109 cm³/mol. The Hall–Kier alpha value is -2.83. The van der Waals surface area contributed by atoms with E-state index in [9.17, 15) is 14.4 Å². The van der Waals surface area contributed by atoms with Gasteiger partial charge in [-0.25, -0.2) is 0 Å². The van der Waals surface area contributed by atoms with Gasteiger partial charge in [0.2, 0.25) is 0 Å². The molecule has 0 aromatic heterocycles. The molecule has 1 aliphatic heterocycles. The molecule has 0 bridgehead atoms. The van der Waals surface area contributed by atoms with Crippen LogP contribution in [0.25, 0.3) is 0 Å². The maximum absolute atomic E-state index is 12.9. The van der Waals surface area contributed by atoms with Crippen LogP contribution in [0.2, 0.25) is 0 Å². The second kappa shape index (κ2) is 8.68. The van der Waals surface area contributed by atoms with E-state index < -0.39 is 29.2 Å². The lowest BCUT2D eigenvalue weighted by molar-refractivity contribution is -0.159. The molecule has 0 fully saturated rings. The molecule has 1 heterocycles. The number of hydrogen-bond donors (Lipinski definition) is 1. The van der Waals surface area contributed by atoms with E-state index in [2.05, 4.69) is 5.32 Å². The summed E-state index contributed by atoms with van der Waals surface area (Å²) in [5.74, 6) is -1.32. The molecule has 1 aromatic rings. The molecule has 158 valence electrons. The van der Waals surface area contributed by atoms with Crippen LogP contribution in [-0.2, 0) is 23.9 Å². The van der Waals surface area contributed by atoms with Crippen molar-refractivity contribution in [1.29, 1.82) is 0 Å². The van der Waals surface area contributed by atoms with E-state index in [1.165, 1.54) is 4.90 Å². The van der Waals surface area contributed by atoms with Gasteiger partial charge in [0.15, 0.2) is 0 Å². The Kier molecular flexibility index (Phi) is 6.72. The number of carbonyl (C=O) groups excluding carboxylic acids is 3. The molecular formula is C22H30N2O5. The molecule has 1 amide bonds. The molecule has 1 atom stereocenters. The zero-order chi connectivity index (χ0) is 21.8. The van der Waals surface area contributed by atoms with Gasteiger partial charge >= 0.3 is 11.9 Å². The zero-order valence-corrected chi connectivity index (χ0v) is 17.9. The number of esters is 2. The van der Waals surface area contributed by atoms with Crippen molar-refractivity contribution in [3.05, 3.63) is 47.7 Å². The quantitative estimate of drug-likeness (QED) is 0.737. The minimum Gasteiger partial charge on any atom is -0.459 e. The Morgan fingerprint density at radius 3 is 2.07 bits per heavy atom. The molecule has 1 unspecified atom stereocenters. The van der Waals surface area contributed by atoms with Crippen molar-refractivity contribution in [2.24, 2.45) is 0 Å². The molecule has 2 rings (SSSR count). The molecule has 1 aromatic carbocycles. The SMILES string of the molecule is CC(C)(C)OC(=O)CNC1=CC(c2ccccc2)N(CC(=O)OC(C)(C)C)C1=O. The molecule has 29 heavy (non-hydrogen) atoms. The van der Waals surface area contributed by atoms with E-state index in [1.54, 1.807) is 47.6 Å². The van der Waals surface area contributed by atoms with Crippen molar-refractivity contribution in [2.45, 2.75) is 58.8 Å². The fourth-order valence-corrected chi connectivity index (χ4v) is 2.89. The van der Waals surface area contributed by atoms with Crippen molar-refractivity contribution in [3.63, 3.8) is 0 Å². The fourth-order valence-electron chi connectivity index (χ4n) is 2.89. The maximum atomic E-state index is 12.9. The molecule has 0 radical (unpaired) electrons. The highest BCUT2D eigenvalue weighted by atomic mass is 16.6. The van der Waals surface area contributed by atoms with E-state index in [-0.39, 0.29) is 24.7 Å². The molecule has 0 spiro atoms. The topological polar surface area (TPSA) is 84.9 Å². The highest BCUT2D eigenvalue weighted by molar-refractivity contribution is 5.98. The summed E-state index contributed by atoms with van der Waals surface area (Å²) in [6.07, 6.45) is 1.71. The number of nitrogens with zero attached hydrogens (tertiary/aromatic N) is 1. The number of hydrogen-bond acceptors (Lipinski definition) is 6. The van der Waals surface area contributed by atoms with Crippen LogP contribution in [0, 0.1) is 0 Å². The van der Waals surface area contributed by atoms with Crippen LogP contribution < -0.4 is 5.32 Å². The lowest BCUT2D eigenvalue weighted by atomic mass is 10.1. The number of carbonyl (C=O) groups is 3. The second-order valence-corrected chi connectivity index (χ2v) is 8.90. The Morgan fingerprint density at radius 2 is 1.52 bits per heavy atom. The Labute approximate surface area is 172 Å². The first-order valence-electron chi connectivity index (χ1n) is 9.61. The first-order valence-corrected chi connectivity index (χ1v) is 9.61. The molecule has 1 N–H and O–H groups in total. The minimum absolute atomic E-state index is 0.142. The number of benzene rings is 1. The zero-order valence-electron chi connectivity index (χ0n) is 17.9. The Morgan fingerprint density at radius 1 is 0.966 bits per heavy atom. The Balaban J connectivity index is 2.15. The van der Waals surface area contributed by atoms with Gasteiger partial charge in [-0.15, -0.1) is 0 Å². The van der Waals surface area contributed by atoms with Gasteiger partial charge in [-0.05, 0) is 53.2 Å². The van der Waals surface area contributed by atoms with E-state index >= 15 is 0 Å². The standard InChI is InChI=1S/C22H30N2O5/c1-21(2,3)28-18(25)13-23-16-12-17(15-10-8-7-9-11-15)24(20(16)27)14-19(26)29-22(4,5)6/h7-12,17,23H,13-14H2,1-6H3. The van der Waals surface area contributed by atoms with Crippen molar-refractivity contribution in [2.75, 3.05) is 13.1 Å². The highest BCUT2D eigenvalue weighted by Crippen LogP contribution is 2.30. The molecule has 0 aliphatic carbocycles. The van der Waals surface area contributed by atoms with Crippen LogP contribution in [-0.4, -0.2) is 47.0 Å². The van der Waals surface area contributed by atoms with E-state index in [0.717, 1.165) is 5.56 Å². The normalized spacial score (nSPS) is 17.0. The third-order valence-electron chi connectivity index (χ3n) is 3.86. The number of ether oxygens (including phenoxy) is 2. The van der Waals surface area contributed by atoms with Gasteiger partial charge in [0.05, 0.1) is 11.7 Å². The van der Waals surface area contributed by atoms with Crippen molar-refractivity contribution in [3.8, 4) is 0 Å². The van der Waals surface area contributed by atoms with Crippen molar-refractivity contribution < 1.29 is 23.9 Å². The van der Waals surface area contributed by atoms with Gasteiger partial charge < -0.3 is 19.7 Å². The summed E-state index contributed by atoms with van der Waals surface area (Å²) >= 11 is 0. The lowest BCUT2D eigenvalue weighted by Gasteiger charge is -2.26. The molecule has 1 aliphatic rings. The van der Waals surface area contributed by atoms with E-state index in [0.29, 0.717) is 0 Å². The third-order valence-corrected chi connectivity index (χ3v) is 3.86. The van der Waals surface area contributed by atoms with Gasteiger partial charge in [-0.1, -0.05) is 30.3 Å². The summed E-state index contributed by atoms with van der Waals surface area (Å²) in [7, 11) is 0. The first-order chi connectivity index (χ1) is 13.4. The largest absolute Gasteiger partial charge is 0.459 e. The number of nitrogens with one attached hydrogen (secondary N) is 1. The van der Waals surface area contributed by atoms with Crippen molar-refractivity contribution in [1.82, 2.24) is 10.2 Å². The van der Waals surface area contributed by atoms with Crippen molar-refractivity contribution >= 4 is 17.8 Å². The molecular weight excluding hydrogens is 372 g/mol. The van der Waals surface area contributed by atoms with Gasteiger partial charge in [0.25, 0.3) is 5.91 Å². The fraction of sp³-hybridized carbons (Fsp3) is 0.500. The van der Waals surface area contributed by atoms with Gasteiger partial charge in [-0.2, -0.15) is 0 Å². The Bertz CT molecular complexity index is 788. The minimum atomic E-state index is -0.646. The summed E-state index contributed by atoms with van der Waals surface area (Å²) < 4.78 is 10.6. The van der Waals surface area contributed by atoms with Crippen LogP contribution in [0.15, 0.2) is 42.1 Å². The second-order valence-electron chi connectivity index (χ2n) is 8.90. The smallest absolute Gasteiger partial charge is 0.326 e. The maximum Gasteiger partial charge on any atom is 0.326 e. The van der Waals surface area contributed by atoms with Gasteiger partial charge in [0.1, 0.15) is 24.3 Å². The number of amides is 1. The highest BCUT2D eigenvalue weighted by Gasteiger charge is 2.36. The van der Waals surface area contributed by atoms with Gasteiger partial charge in [0, 0.05) is 0 Å². The summed E-state index contributed by atoms with van der Waals surface area (Å²) in [5.41, 5.74) is -0.137. The third kappa shape index (κ3) is 6.93. The van der Waals surface area contributed by atoms with Crippen LogP contribution >= 0.6 is 0 Å². The summed E-state index contributed by atoms with van der Waals surface area (Å²) in [6.45, 7) is 10.3. The molecule has 7 heteroatoms. The predicted octanol–water partition coefficient (Wildman–Crippen LogP) is 2.73. The summed E-state index contributed by atoms with van der Waals surface area (Å²) in [6, 6.07) is 8.94. The molecule has 0 saturated heterocycles. The van der Waals surface area contributed by atoms with E-state index in [4.69, 9.17) is 9.47 Å².